The van der Waals surface area contributed by atoms with Gasteiger partial charge in [-0.25, -0.2) is 0 Å². The molecule has 0 radical (unpaired) electrons. The van der Waals surface area contributed by atoms with Crippen LogP contribution >= 0.6 is 11.3 Å². The van der Waals surface area contributed by atoms with E-state index in [9.17, 15) is 5.11 Å². The molecule has 3 unspecified atom stereocenters. The van der Waals surface area contributed by atoms with Gasteiger partial charge in [0.05, 0.1) is 6.10 Å². The summed E-state index contributed by atoms with van der Waals surface area (Å²) in [7, 11) is 0. The molecular weight excluding hydrogens is 242 g/mol. The Hall–Kier alpha value is -0.380. The molecule has 3 atom stereocenters. The van der Waals surface area contributed by atoms with Crippen molar-refractivity contribution in [3.05, 3.63) is 22.4 Å². The Morgan fingerprint density at radius 3 is 2.89 bits per heavy atom. The molecule has 0 aliphatic heterocycles. The lowest BCUT2D eigenvalue weighted by Crippen LogP contribution is -2.41. The summed E-state index contributed by atoms with van der Waals surface area (Å²) >= 11 is 1.64. The van der Waals surface area contributed by atoms with Crippen LogP contribution in [-0.4, -0.2) is 17.7 Å². The topological polar surface area (TPSA) is 32.3 Å². The zero-order valence-corrected chi connectivity index (χ0v) is 12.5. The van der Waals surface area contributed by atoms with Crippen LogP contribution in [0.2, 0.25) is 0 Å². The highest BCUT2D eigenvalue weighted by molar-refractivity contribution is 7.07. The highest BCUT2D eigenvalue weighted by atomic mass is 32.1. The van der Waals surface area contributed by atoms with E-state index in [1.165, 1.54) is 19.3 Å². The third-order valence-corrected chi connectivity index (χ3v) is 4.62. The van der Waals surface area contributed by atoms with E-state index in [-0.39, 0.29) is 6.10 Å². The van der Waals surface area contributed by atoms with Gasteiger partial charge in [0.2, 0.25) is 0 Å². The predicted octanol–water partition coefficient (Wildman–Crippen LogP) is 3.59. The highest BCUT2D eigenvalue weighted by Gasteiger charge is 2.31. The monoisotopic (exact) mass is 267 g/mol. The van der Waals surface area contributed by atoms with Crippen LogP contribution in [0.4, 0.5) is 0 Å². The van der Waals surface area contributed by atoms with Crippen molar-refractivity contribution < 1.29 is 5.11 Å². The Labute approximate surface area is 114 Å². The van der Waals surface area contributed by atoms with E-state index in [4.69, 9.17) is 0 Å². The normalized spacial score (nSPS) is 29.1. The van der Waals surface area contributed by atoms with Gasteiger partial charge in [-0.1, -0.05) is 20.8 Å². The summed E-state index contributed by atoms with van der Waals surface area (Å²) < 4.78 is 0. The van der Waals surface area contributed by atoms with Crippen LogP contribution in [0.5, 0.6) is 0 Å². The van der Waals surface area contributed by atoms with Crippen LogP contribution in [-0.2, 0) is 0 Å². The van der Waals surface area contributed by atoms with E-state index < -0.39 is 0 Å². The van der Waals surface area contributed by atoms with Crippen molar-refractivity contribution in [2.24, 2.45) is 11.3 Å². The molecule has 1 aliphatic carbocycles. The number of hydrogen-bond acceptors (Lipinski definition) is 3. The average Bonchev–Trinajstić information content (AvgIpc) is 2.76. The van der Waals surface area contributed by atoms with Crippen LogP contribution in [0.15, 0.2) is 16.8 Å². The Kier molecular flexibility index (Phi) is 4.46. The van der Waals surface area contributed by atoms with E-state index in [0.29, 0.717) is 18.0 Å². The number of hydrogen-bond donors (Lipinski definition) is 2. The molecule has 102 valence electrons. The van der Waals surface area contributed by atoms with Crippen molar-refractivity contribution in [1.82, 2.24) is 5.32 Å². The lowest BCUT2D eigenvalue weighted by atomic mass is 9.70. The van der Waals surface area contributed by atoms with Gasteiger partial charge in [0.1, 0.15) is 0 Å². The Bertz CT molecular complexity index is 361. The van der Waals surface area contributed by atoms with Crippen LogP contribution in [0, 0.1) is 11.3 Å². The molecule has 2 rings (SSSR count). The maximum atomic E-state index is 10.1. The van der Waals surface area contributed by atoms with Gasteiger partial charge < -0.3 is 10.4 Å². The molecule has 1 aromatic heterocycles. The third-order valence-electron chi connectivity index (χ3n) is 3.91. The lowest BCUT2D eigenvalue weighted by Gasteiger charge is -2.39. The van der Waals surface area contributed by atoms with Gasteiger partial charge in [-0.05, 0) is 53.0 Å². The summed E-state index contributed by atoms with van der Waals surface area (Å²) in [5.41, 5.74) is 1.47. The number of aliphatic hydroxyl groups is 1. The summed E-state index contributed by atoms with van der Waals surface area (Å²) in [6, 6.07) is 2.56. The molecule has 3 heteroatoms. The van der Waals surface area contributed by atoms with E-state index >= 15 is 0 Å². The van der Waals surface area contributed by atoms with E-state index in [2.05, 4.69) is 26.1 Å². The molecule has 0 saturated heterocycles. The van der Waals surface area contributed by atoms with Crippen molar-refractivity contribution in [2.75, 3.05) is 6.54 Å². The molecule has 0 bridgehead atoms. The fourth-order valence-corrected chi connectivity index (χ4v) is 4.07. The fourth-order valence-electron chi connectivity index (χ4n) is 3.36. The highest BCUT2D eigenvalue weighted by Crippen LogP contribution is 2.38. The Balaban J connectivity index is 1.83. The van der Waals surface area contributed by atoms with Gasteiger partial charge in [0.25, 0.3) is 0 Å². The molecule has 1 fully saturated rings. The van der Waals surface area contributed by atoms with Crippen LogP contribution in [0.1, 0.15) is 51.7 Å². The summed E-state index contributed by atoms with van der Waals surface area (Å²) in [6.07, 6.45) is 3.41. The van der Waals surface area contributed by atoms with Crippen LogP contribution in [0.3, 0.4) is 0 Å². The summed E-state index contributed by atoms with van der Waals surface area (Å²) in [5.74, 6) is 0.782. The van der Waals surface area contributed by atoms with E-state index in [1.807, 2.05) is 16.8 Å². The molecule has 0 aromatic carbocycles. The fraction of sp³-hybridized carbons (Fsp3) is 0.733. The second kappa shape index (κ2) is 5.72. The largest absolute Gasteiger partial charge is 0.387 e. The molecule has 1 aromatic rings. The van der Waals surface area contributed by atoms with Gasteiger partial charge in [0, 0.05) is 12.6 Å². The first-order valence-corrected chi connectivity index (χ1v) is 7.84. The molecule has 2 nitrogen and oxygen atoms in total. The lowest BCUT2D eigenvalue weighted by molar-refractivity contribution is 0.126. The number of rotatable bonds is 4. The molecule has 0 spiro atoms. The molecule has 2 N–H and O–H groups in total. The van der Waals surface area contributed by atoms with Gasteiger partial charge >= 0.3 is 0 Å². The zero-order chi connectivity index (χ0) is 13.2. The molecular formula is C15H25NOS. The summed E-state index contributed by atoms with van der Waals surface area (Å²) in [4.78, 5) is 0. The molecule has 18 heavy (non-hydrogen) atoms. The van der Waals surface area contributed by atoms with Crippen LogP contribution < -0.4 is 5.32 Å². The number of aliphatic hydroxyl groups excluding tert-OH is 1. The SMILES string of the molecule is CC1CC(NCC(O)c2ccsc2)CC(C)(C)C1. The Morgan fingerprint density at radius 2 is 2.28 bits per heavy atom. The zero-order valence-electron chi connectivity index (χ0n) is 11.6. The van der Waals surface area contributed by atoms with Crippen molar-refractivity contribution in [1.29, 1.82) is 0 Å². The van der Waals surface area contributed by atoms with Crippen molar-refractivity contribution in [3.63, 3.8) is 0 Å². The quantitative estimate of drug-likeness (QED) is 0.874. The minimum atomic E-state index is -0.364. The molecule has 0 amide bonds. The van der Waals surface area contributed by atoms with Gasteiger partial charge in [-0.15, -0.1) is 0 Å². The molecule has 1 heterocycles. The van der Waals surface area contributed by atoms with Gasteiger partial charge in [-0.2, -0.15) is 11.3 Å². The third kappa shape index (κ3) is 3.81. The second-order valence-corrected chi connectivity index (χ2v) is 7.37. The first kappa shape index (κ1) is 14.0. The van der Waals surface area contributed by atoms with E-state index in [1.54, 1.807) is 11.3 Å². The van der Waals surface area contributed by atoms with E-state index in [0.717, 1.165) is 11.5 Å². The Morgan fingerprint density at radius 1 is 1.50 bits per heavy atom. The summed E-state index contributed by atoms with van der Waals surface area (Å²) in [6.45, 7) is 7.72. The maximum absolute atomic E-state index is 10.1. The van der Waals surface area contributed by atoms with Crippen LogP contribution in [0.25, 0.3) is 0 Å². The predicted molar refractivity (Wildman–Crippen MR) is 77.9 cm³/mol. The minimum absolute atomic E-state index is 0.364. The minimum Gasteiger partial charge on any atom is -0.387 e. The number of thiophene rings is 1. The van der Waals surface area contributed by atoms with Crippen molar-refractivity contribution in [3.8, 4) is 0 Å². The molecule has 1 saturated carbocycles. The maximum Gasteiger partial charge on any atom is 0.0922 e. The standard InChI is InChI=1S/C15H25NOS/c1-11-6-13(8-15(2,3)7-11)16-9-14(17)12-4-5-18-10-12/h4-5,10-11,13-14,16-17H,6-9H2,1-3H3. The second-order valence-electron chi connectivity index (χ2n) is 6.59. The number of nitrogens with one attached hydrogen (secondary N) is 1. The van der Waals surface area contributed by atoms with Gasteiger partial charge in [0.15, 0.2) is 0 Å². The summed E-state index contributed by atoms with van der Waals surface area (Å²) in [5, 5.41) is 17.7. The van der Waals surface area contributed by atoms with Crippen molar-refractivity contribution >= 4 is 11.3 Å². The first-order valence-electron chi connectivity index (χ1n) is 6.90. The first-order chi connectivity index (χ1) is 8.46. The average molecular weight is 267 g/mol. The molecule has 1 aliphatic rings. The smallest absolute Gasteiger partial charge is 0.0922 e. The van der Waals surface area contributed by atoms with Gasteiger partial charge in [-0.3, -0.25) is 0 Å². The van der Waals surface area contributed by atoms with Crippen molar-refractivity contribution in [2.45, 2.75) is 52.2 Å².